The maximum Gasteiger partial charge on any atom is 0.327 e. The van der Waals surface area contributed by atoms with Gasteiger partial charge in [0.2, 0.25) is 0 Å². The van der Waals surface area contributed by atoms with Gasteiger partial charge in [-0.05, 0) is 18.6 Å². The minimum Gasteiger partial charge on any atom is -0.441 e. The Morgan fingerprint density at radius 2 is 2.10 bits per heavy atom. The van der Waals surface area contributed by atoms with E-state index in [9.17, 15) is 9.18 Å². The molecule has 2 aromatic heterocycles. The first kappa shape index (κ1) is 17.9. The zero-order chi connectivity index (χ0) is 20.0. The smallest absolute Gasteiger partial charge is 0.327 e. The predicted molar refractivity (Wildman–Crippen MR) is 108 cm³/mol. The Hall–Kier alpha value is -3.20. The van der Waals surface area contributed by atoms with Crippen LogP contribution in [-0.2, 0) is 6.42 Å². The molecule has 0 aliphatic carbocycles. The highest BCUT2D eigenvalue weighted by Gasteiger charge is 2.30. The van der Waals surface area contributed by atoms with Gasteiger partial charge in [0, 0.05) is 68.8 Å². The van der Waals surface area contributed by atoms with Gasteiger partial charge in [-0.3, -0.25) is 4.90 Å². The molecule has 1 aromatic carbocycles. The van der Waals surface area contributed by atoms with Crippen LogP contribution in [0, 0.1) is 12.7 Å². The lowest BCUT2D eigenvalue weighted by Gasteiger charge is -2.31. The highest BCUT2D eigenvalue weighted by Crippen LogP contribution is 2.34. The quantitative estimate of drug-likeness (QED) is 0.693. The van der Waals surface area contributed by atoms with Crippen LogP contribution < -0.4 is 20.4 Å². The molecule has 3 aromatic rings. The minimum absolute atomic E-state index is 0.161. The third kappa shape index (κ3) is 3.17. The summed E-state index contributed by atoms with van der Waals surface area (Å²) in [5.74, 6) is 0.506. The van der Waals surface area contributed by atoms with Gasteiger partial charge in [0.05, 0.1) is 0 Å². The number of rotatable bonds is 2. The van der Waals surface area contributed by atoms with Gasteiger partial charge < -0.3 is 20.0 Å². The Morgan fingerprint density at radius 1 is 1.28 bits per heavy atom. The third-order valence-corrected chi connectivity index (χ3v) is 5.36. The molecule has 4 heterocycles. The van der Waals surface area contributed by atoms with E-state index >= 15 is 0 Å². The van der Waals surface area contributed by atoms with E-state index in [4.69, 9.17) is 4.42 Å². The van der Waals surface area contributed by atoms with Crippen molar-refractivity contribution in [1.82, 2.24) is 15.3 Å². The van der Waals surface area contributed by atoms with Crippen LogP contribution in [-0.4, -0.2) is 48.7 Å². The summed E-state index contributed by atoms with van der Waals surface area (Å²) >= 11 is 0. The van der Waals surface area contributed by atoms with Gasteiger partial charge in [0.15, 0.2) is 17.3 Å². The molecule has 0 saturated carbocycles. The molecule has 0 bridgehead atoms. The molecular weight excluding hydrogens is 375 g/mol. The molecule has 5 rings (SSSR count). The van der Waals surface area contributed by atoms with Crippen molar-refractivity contribution in [2.24, 2.45) is 0 Å². The van der Waals surface area contributed by atoms with Crippen LogP contribution in [0.4, 0.5) is 26.4 Å². The van der Waals surface area contributed by atoms with Crippen molar-refractivity contribution in [3.63, 3.8) is 0 Å². The highest BCUT2D eigenvalue weighted by atomic mass is 19.1. The number of hydrogen-bond acceptors (Lipinski definition) is 6. The Morgan fingerprint density at radius 3 is 2.93 bits per heavy atom. The van der Waals surface area contributed by atoms with Crippen LogP contribution in [0.25, 0.3) is 11.1 Å². The number of amides is 2. The number of hydrogen-bond donors (Lipinski definition) is 2. The molecule has 1 fully saturated rings. The summed E-state index contributed by atoms with van der Waals surface area (Å²) < 4.78 is 19.7. The summed E-state index contributed by atoms with van der Waals surface area (Å²) in [5, 5.41) is 6.11. The number of nitrogens with zero attached hydrogens (tertiary/aromatic N) is 4. The first-order valence-electron chi connectivity index (χ1n) is 9.69. The molecule has 1 saturated heterocycles. The molecule has 0 radical (unpaired) electrons. The normalized spacial score (nSPS) is 16.3. The number of aromatic nitrogens is 2. The van der Waals surface area contributed by atoms with Crippen LogP contribution in [0.2, 0.25) is 0 Å². The number of urea groups is 1. The number of carbonyl (C=O) groups excluding carboxylic acids is 1. The average Bonchev–Trinajstić information content (AvgIpc) is 3.32. The molecular formula is C20H21FN6O2. The van der Waals surface area contributed by atoms with Crippen molar-refractivity contribution >= 4 is 34.3 Å². The van der Waals surface area contributed by atoms with Gasteiger partial charge >= 0.3 is 6.03 Å². The molecule has 2 N–H and O–H groups in total. The lowest BCUT2D eigenvalue weighted by molar-refractivity contribution is 0.257. The van der Waals surface area contributed by atoms with E-state index in [2.05, 4.69) is 25.5 Å². The number of anilines is 3. The van der Waals surface area contributed by atoms with Crippen molar-refractivity contribution in [2.75, 3.05) is 47.8 Å². The zero-order valence-corrected chi connectivity index (χ0v) is 16.0. The summed E-state index contributed by atoms with van der Waals surface area (Å²) in [4.78, 5) is 25.3. The minimum atomic E-state index is -0.532. The molecule has 8 nitrogen and oxygen atoms in total. The average molecular weight is 396 g/mol. The van der Waals surface area contributed by atoms with Crippen LogP contribution in [0.3, 0.4) is 0 Å². The van der Waals surface area contributed by atoms with E-state index in [1.54, 1.807) is 24.1 Å². The Kier molecular flexibility index (Phi) is 4.31. The van der Waals surface area contributed by atoms with Crippen molar-refractivity contribution in [1.29, 1.82) is 0 Å². The number of carbonyl (C=O) groups is 1. The number of piperazine rings is 1. The van der Waals surface area contributed by atoms with Gasteiger partial charge in [0.25, 0.3) is 0 Å². The van der Waals surface area contributed by atoms with E-state index in [-0.39, 0.29) is 11.5 Å². The molecule has 2 amide bonds. The first-order valence-corrected chi connectivity index (χ1v) is 9.69. The zero-order valence-electron chi connectivity index (χ0n) is 16.0. The SMILES string of the molecule is Cc1nc2c(F)cc(NC(=O)N3CCc4c(N5CCNCC5)ccnc43)cc2o1. The monoisotopic (exact) mass is 396 g/mol. The highest BCUT2D eigenvalue weighted by molar-refractivity contribution is 6.03. The van der Waals surface area contributed by atoms with Gasteiger partial charge in [0.1, 0.15) is 11.3 Å². The van der Waals surface area contributed by atoms with E-state index in [0.29, 0.717) is 29.5 Å². The molecule has 2 aliphatic heterocycles. The Labute approximate surface area is 166 Å². The van der Waals surface area contributed by atoms with E-state index in [0.717, 1.165) is 43.9 Å². The van der Waals surface area contributed by atoms with E-state index in [1.807, 2.05) is 6.07 Å². The summed E-state index contributed by atoms with van der Waals surface area (Å²) in [6, 6.07) is 4.51. The fourth-order valence-corrected chi connectivity index (χ4v) is 4.04. The van der Waals surface area contributed by atoms with Gasteiger partial charge in [-0.15, -0.1) is 0 Å². The number of halogens is 1. The second kappa shape index (κ2) is 7.00. The maximum atomic E-state index is 14.3. The molecule has 2 aliphatic rings. The molecule has 0 spiro atoms. The van der Waals surface area contributed by atoms with Crippen molar-refractivity contribution < 1.29 is 13.6 Å². The van der Waals surface area contributed by atoms with Gasteiger partial charge in [-0.1, -0.05) is 0 Å². The number of fused-ring (bicyclic) bond motifs is 2. The molecule has 150 valence electrons. The van der Waals surface area contributed by atoms with Gasteiger partial charge in [-0.25, -0.2) is 19.2 Å². The number of benzene rings is 1. The third-order valence-electron chi connectivity index (χ3n) is 5.36. The van der Waals surface area contributed by atoms with Crippen LogP contribution >= 0.6 is 0 Å². The number of nitrogens with one attached hydrogen (secondary N) is 2. The van der Waals surface area contributed by atoms with E-state index < -0.39 is 5.82 Å². The topological polar surface area (TPSA) is 86.5 Å². The Balaban J connectivity index is 1.40. The van der Waals surface area contributed by atoms with Crippen molar-refractivity contribution in [2.45, 2.75) is 13.3 Å². The lowest BCUT2D eigenvalue weighted by Crippen LogP contribution is -2.43. The molecule has 29 heavy (non-hydrogen) atoms. The predicted octanol–water partition coefficient (Wildman–Crippen LogP) is 2.67. The number of aryl methyl sites for hydroxylation is 1. The number of oxazole rings is 1. The van der Waals surface area contributed by atoms with Crippen molar-refractivity contribution in [3.8, 4) is 0 Å². The first-order chi connectivity index (χ1) is 14.1. The second-order valence-electron chi connectivity index (χ2n) is 7.24. The molecule has 0 unspecified atom stereocenters. The van der Waals surface area contributed by atoms with Gasteiger partial charge in [-0.2, -0.15) is 0 Å². The summed E-state index contributed by atoms with van der Waals surface area (Å²) in [7, 11) is 0. The lowest BCUT2D eigenvalue weighted by atomic mass is 10.1. The molecule has 0 atom stereocenters. The Bertz CT molecular complexity index is 1090. The standard InChI is InChI=1S/C20H21FN6O2/c1-12-24-18-15(21)10-13(11-17(18)29-12)25-20(28)27-7-3-14-16(2-4-23-19(14)27)26-8-5-22-6-9-26/h2,4,10-11,22H,3,5-9H2,1H3,(H,25,28). The maximum absolute atomic E-state index is 14.3. The van der Waals surface area contributed by atoms with E-state index in [1.165, 1.54) is 6.07 Å². The molecule has 9 heteroatoms. The van der Waals surface area contributed by atoms with Crippen LogP contribution in [0.5, 0.6) is 0 Å². The number of pyridine rings is 1. The van der Waals surface area contributed by atoms with Crippen LogP contribution in [0.15, 0.2) is 28.8 Å². The summed E-state index contributed by atoms with van der Waals surface area (Å²) in [5.41, 5.74) is 3.00. The summed E-state index contributed by atoms with van der Waals surface area (Å²) in [6.45, 7) is 5.92. The summed E-state index contributed by atoms with van der Waals surface area (Å²) in [6.07, 6.45) is 2.48. The van der Waals surface area contributed by atoms with Crippen LogP contribution in [0.1, 0.15) is 11.5 Å². The van der Waals surface area contributed by atoms with Crippen molar-refractivity contribution in [3.05, 3.63) is 41.7 Å². The second-order valence-corrected chi connectivity index (χ2v) is 7.24. The fourth-order valence-electron chi connectivity index (χ4n) is 4.04. The largest absolute Gasteiger partial charge is 0.441 e. The fraction of sp³-hybridized carbons (Fsp3) is 0.350.